The zero-order valence-electron chi connectivity index (χ0n) is 18.4. The summed E-state index contributed by atoms with van der Waals surface area (Å²) in [7, 11) is -1.89. The maximum atomic E-state index is 13.1. The van der Waals surface area contributed by atoms with E-state index in [0.29, 0.717) is 22.1 Å². The topological polar surface area (TPSA) is 66.7 Å². The molecule has 3 aromatic rings. The molecule has 166 valence electrons. The lowest BCUT2D eigenvalue weighted by Crippen LogP contribution is -2.17. The number of allylic oxidation sites excluding steroid dienone is 4. The number of benzene rings is 1. The van der Waals surface area contributed by atoms with Crippen LogP contribution < -0.4 is 4.72 Å². The first kappa shape index (κ1) is 22.2. The van der Waals surface area contributed by atoms with E-state index < -0.39 is 10.0 Å². The largest absolute Gasteiger partial charge is 0.349 e. The van der Waals surface area contributed by atoms with Gasteiger partial charge in [-0.05, 0) is 53.5 Å². The normalized spacial score (nSPS) is 14.5. The summed E-state index contributed by atoms with van der Waals surface area (Å²) < 4.78 is 30.3. The molecule has 4 rings (SSSR count). The third kappa shape index (κ3) is 4.31. The maximum Gasteiger partial charge on any atom is 0.263 e. The number of rotatable bonds is 4. The van der Waals surface area contributed by atoms with Crippen molar-refractivity contribution in [2.45, 2.75) is 31.1 Å². The fourth-order valence-electron chi connectivity index (χ4n) is 3.43. The summed E-state index contributed by atoms with van der Waals surface area (Å²) in [5, 5.41) is 5.12. The van der Waals surface area contributed by atoms with Crippen LogP contribution in [0.1, 0.15) is 32.0 Å². The van der Waals surface area contributed by atoms with Crippen molar-refractivity contribution in [3.8, 4) is 0 Å². The second kappa shape index (κ2) is 8.15. The number of hydrogen-bond acceptors (Lipinski definition) is 4. The lowest BCUT2D eigenvalue weighted by atomic mass is 9.87. The Hall–Kier alpha value is -3.03. The second-order valence-electron chi connectivity index (χ2n) is 8.66. The Bertz CT molecular complexity index is 1360. The number of hydrogen-bond donors (Lipinski definition) is 1. The van der Waals surface area contributed by atoms with Crippen molar-refractivity contribution in [1.29, 1.82) is 0 Å². The first-order valence-electron chi connectivity index (χ1n) is 10.2. The predicted molar refractivity (Wildman–Crippen MR) is 130 cm³/mol. The highest BCUT2D eigenvalue weighted by Gasteiger charge is 2.20. The third-order valence-electron chi connectivity index (χ3n) is 5.27. The molecule has 3 heterocycles. The Morgan fingerprint density at radius 3 is 2.41 bits per heavy atom. The van der Waals surface area contributed by atoms with Crippen molar-refractivity contribution in [3.05, 3.63) is 89.2 Å². The standard InChI is InChI=1S/C24H25ClN4O2S/c1-24(2,3)17-9-11-18(12-10-17)32(30,31)27-23-14-13-19(25)22-16-20(26-29(22)23)21-8-6-5-7-15-28(21)4/h5-16,27H,1-4H3. The molecule has 1 N–H and O–H groups in total. The fourth-order valence-corrected chi connectivity index (χ4v) is 4.67. The molecular weight excluding hydrogens is 444 g/mol. The van der Waals surface area contributed by atoms with Crippen LogP contribution in [0.15, 0.2) is 77.9 Å². The van der Waals surface area contributed by atoms with Gasteiger partial charge >= 0.3 is 0 Å². The van der Waals surface area contributed by atoms with Crippen molar-refractivity contribution in [1.82, 2.24) is 14.5 Å². The van der Waals surface area contributed by atoms with Crippen LogP contribution in [0.2, 0.25) is 5.02 Å². The maximum absolute atomic E-state index is 13.1. The van der Waals surface area contributed by atoms with Gasteiger partial charge in [-0.1, -0.05) is 56.7 Å². The van der Waals surface area contributed by atoms with Crippen LogP contribution in [0.4, 0.5) is 5.82 Å². The summed E-state index contributed by atoms with van der Waals surface area (Å²) in [6.07, 6.45) is 9.64. The van der Waals surface area contributed by atoms with E-state index in [1.165, 1.54) is 4.52 Å². The number of halogens is 1. The van der Waals surface area contributed by atoms with Crippen LogP contribution in [0.3, 0.4) is 0 Å². The van der Waals surface area contributed by atoms with Crippen LogP contribution in [-0.2, 0) is 15.4 Å². The number of fused-ring (bicyclic) bond motifs is 1. The Kier molecular flexibility index (Phi) is 5.65. The van der Waals surface area contributed by atoms with Crippen LogP contribution in [-0.4, -0.2) is 30.0 Å². The van der Waals surface area contributed by atoms with E-state index in [2.05, 4.69) is 30.6 Å². The highest BCUT2D eigenvalue weighted by molar-refractivity contribution is 7.92. The van der Waals surface area contributed by atoms with Crippen LogP contribution in [0.5, 0.6) is 0 Å². The molecule has 1 aliphatic rings. The van der Waals surface area contributed by atoms with E-state index in [0.717, 1.165) is 11.3 Å². The lowest BCUT2D eigenvalue weighted by molar-refractivity contribution is 0.587. The molecule has 0 unspecified atom stereocenters. The number of sulfonamides is 1. The summed E-state index contributed by atoms with van der Waals surface area (Å²) >= 11 is 6.40. The average Bonchev–Trinajstić information content (AvgIpc) is 3.07. The molecule has 0 bridgehead atoms. The minimum atomic E-state index is -3.81. The Balaban J connectivity index is 1.73. The van der Waals surface area contributed by atoms with Gasteiger partial charge in [-0.15, -0.1) is 0 Å². The highest BCUT2D eigenvalue weighted by Crippen LogP contribution is 2.29. The van der Waals surface area contributed by atoms with E-state index in [-0.39, 0.29) is 10.3 Å². The molecule has 1 aliphatic heterocycles. The van der Waals surface area contributed by atoms with Crippen molar-refractivity contribution >= 4 is 38.7 Å². The quantitative estimate of drug-likeness (QED) is 0.553. The molecule has 0 saturated heterocycles. The van der Waals surface area contributed by atoms with E-state index in [9.17, 15) is 8.42 Å². The molecule has 6 nitrogen and oxygen atoms in total. The molecule has 32 heavy (non-hydrogen) atoms. The molecule has 0 amide bonds. The van der Waals surface area contributed by atoms with Gasteiger partial charge in [0, 0.05) is 13.2 Å². The zero-order chi connectivity index (χ0) is 23.1. The van der Waals surface area contributed by atoms with Crippen LogP contribution in [0, 0.1) is 0 Å². The second-order valence-corrected chi connectivity index (χ2v) is 10.8. The molecule has 0 aliphatic carbocycles. The van der Waals surface area contributed by atoms with Crippen molar-refractivity contribution < 1.29 is 8.42 Å². The van der Waals surface area contributed by atoms with E-state index in [1.54, 1.807) is 24.3 Å². The summed E-state index contributed by atoms with van der Waals surface area (Å²) in [4.78, 5) is 2.12. The smallest absolute Gasteiger partial charge is 0.263 e. The van der Waals surface area contributed by atoms with E-state index >= 15 is 0 Å². The molecular formula is C24H25ClN4O2S. The van der Waals surface area contributed by atoms with Gasteiger partial charge in [0.1, 0.15) is 11.5 Å². The summed E-state index contributed by atoms with van der Waals surface area (Å²) in [6.45, 7) is 6.25. The van der Waals surface area contributed by atoms with E-state index in [4.69, 9.17) is 11.6 Å². The van der Waals surface area contributed by atoms with Crippen LogP contribution >= 0.6 is 11.6 Å². The minimum absolute atomic E-state index is 0.0618. The molecule has 2 aromatic heterocycles. The predicted octanol–water partition coefficient (Wildman–Crippen LogP) is 5.44. The van der Waals surface area contributed by atoms with Crippen LogP contribution in [0.25, 0.3) is 11.2 Å². The fraction of sp³-hybridized carbons (Fsp3) is 0.208. The van der Waals surface area contributed by atoms with E-state index in [1.807, 2.05) is 60.7 Å². The first-order valence-corrected chi connectivity index (χ1v) is 12.0. The number of anilines is 1. The molecule has 1 aromatic carbocycles. The molecule has 0 atom stereocenters. The minimum Gasteiger partial charge on any atom is -0.349 e. The Labute approximate surface area is 193 Å². The number of nitrogens with one attached hydrogen (secondary N) is 1. The molecule has 0 spiro atoms. The van der Waals surface area contributed by atoms with Gasteiger partial charge in [-0.3, -0.25) is 4.72 Å². The molecule has 0 saturated carbocycles. The summed E-state index contributed by atoms with van der Waals surface area (Å²) in [6, 6.07) is 12.0. The summed E-state index contributed by atoms with van der Waals surface area (Å²) in [5.41, 5.74) is 3.14. The Morgan fingerprint density at radius 2 is 1.72 bits per heavy atom. The third-order valence-corrected chi connectivity index (χ3v) is 6.96. The molecule has 0 fully saturated rings. The zero-order valence-corrected chi connectivity index (χ0v) is 19.9. The van der Waals surface area contributed by atoms with Crippen molar-refractivity contribution in [2.75, 3.05) is 11.8 Å². The first-order chi connectivity index (χ1) is 15.1. The van der Waals surface area contributed by atoms with Gasteiger partial charge in [-0.2, -0.15) is 5.10 Å². The van der Waals surface area contributed by atoms with Crippen molar-refractivity contribution in [2.24, 2.45) is 0 Å². The summed E-state index contributed by atoms with van der Waals surface area (Å²) in [5.74, 6) is 0.304. The number of pyridine rings is 1. The number of aromatic nitrogens is 2. The molecule has 8 heteroatoms. The van der Waals surface area contributed by atoms with Gasteiger partial charge in [0.2, 0.25) is 0 Å². The average molecular weight is 469 g/mol. The monoisotopic (exact) mass is 468 g/mol. The Morgan fingerprint density at radius 1 is 1.00 bits per heavy atom. The van der Waals surface area contributed by atoms with Gasteiger partial charge in [0.15, 0.2) is 0 Å². The van der Waals surface area contributed by atoms with Crippen molar-refractivity contribution in [3.63, 3.8) is 0 Å². The lowest BCUT2D eigenvalue weighted by Gasteiger charge is -2.19. The van der Waals surface area contributed by atoms with Gasteiger partial charge in [0.05, 0.1) is 21.1 Å². The SMILES string of the molecule is CN1C=CC=CC=C1c1cc2c(Cl)ccc(NS(=O)(=O)c3ccc(C(C)(C)C)cc3)n2n1. The van der Waals surface area contributed by atoms with Gasteiger partial charge < -0.3 is 4.90 Å². The van der Waals surface area contributed by atoms with Gasteiger partial charge in [-0.25, -0.2) is 12.9 Å². The highest BCUT2D eigenvalue weighted by atomic mass is 35.5. The molecule has 0 radical (unpaired) electrons. The van der Waals surface area contributed by atoms with Gasteiger partial charge in [0.25, 0.3) is 10.0 Å². The number of nitrogens with zero attached hydrogens (tertiary/aromatic N) is 3.